The fraction of sp³-hybridized carbons (Fsp3) is 0.130. The fourth-order valence-electron chi connectivity index (χ4n) is 3.60. The van der Waals surface area contributed by atoms with E-state index < -0.39 is 11.1 Å². The van der Waals surface area contributed by atoms with Gasteiger partial charge < -0.3 is 24.7 Å². The highest BCUT2D eigenvalue weighted by Gasteiger charge is 2.13. The maximum Gasteiger partial charge on any atom is 0.314 e. The van der Waals surface area contributed by atoms with Crippen LogP contribution in [0.3, 0.4) is 0 Å². The van der Waals surface area contributed by atoms with Crippen molar-refractivity contribution in [1.29, 1.82) is 0 Å². The summed E-state index contributed by atoms with van der Waals surface area (Å²) in [7, 11) is 0. The van der Waals surface area contributed by atoms with Crippen LogP contribution < -0.4 is 25.9 Å². The summed E-state index contributed by atoms with van der Waals surface area (Å²) in [5.74, 6) is 0.849. The van der Waals surface area contributed by atoms with Crippen LogP contribution in [0.5, 0.6) is 5.75 Å². The number of H-pyrrole nitrogens is 2. The molecular formula is C23H19ClN4O3S. The number of aromatic amines is 2. The van der Waals surface area contributed by atoms with Gasteiger partial charge >= 0.3 is 11.1 Å². The van der Waals surface area contributed by atoms with Crippen molar-refractivity contribution in [2.45, 2.75) is 11.8 Å². The Kier molecular flexibility index (Phi) is 5.32. The molecule has 4 aromatic rings. The van der Waals surface area contributed by atoms with Crippen molar-refractivity contribution in [3.8, 4) is 16.9 Å². The molecule has 32 heavy (non-hydrogen) atoms. The smallest absolute Gasteiger partial charge is 0.314 e. The number of halogens is 1. The summed E-state index contributed by atoms with van der Waals surface area (Å²) < 4.78 is 8.94. The van der Waals surface area contributed by atoms with Crippen molar-refractivity contribution in [3.05, 3.63) is 79.8 Å². The SMILES string of the molecule is Cc1cc2[nH]c(=O)c(=O)[nH]c2cc1SNc1ccc(-c2ccc3c(c2)NCCO3)c(Cl)c1. The highest BCUT2D eigenvalue weighted by Crippen LogP contribution is 2.37. The Morgan fingerprint density at radius 3 is 2.56 bits per heavy atom. The van der Waals surface area contributed by atoms with E-state index in [0.29, 0.717) is 22.7 Å². The zero-order valence-corrected chi connectivity index (χ0v) is 18.6. The molecule has 0 atom stereocenters. The second-order valence-electron chi connectivity index (χ2n) is 7.46. The first-order valence-electron chi connectivity index (χ1n) is 9.98. The fourth-order valence-corrected chi connectivity index (χ4v) is 4.64. The van der Waals surface area contributed by atoms with Crippen LogP contribution in [0.15, 0.2) is 63.0 Å². The van der Waals surface area contributed by atoms with Crippen LogP contribution in [0.25, 0.3) is 22.2 Å². The third-order valence-electron chi connectivity index (χ3n) is 5.23. The van der Waals surface area contributed by atoms with Gasteiger partial charge in [-0.05, 0) is 66.4 Å². The second kappa shape index (κ2) is 8.29. The van der Waals surface area contributed by atoms with Crippen molar-refractivity contribution in [3.63, 3.8) is 0 Å². The van der Waals surface area contributed by atoms with Crippen LogP contribution >= 0.6 is 23.5 Å². The molecule has 0 unspecified atom stereocenters. The Labute approximate surface area is 192 Å². The molecule has 0 spiro atoms. The van der Waals surface area contributed by atoms with Gasteiger partial charge in [0.1, 0.15) is 12.4 Å². The Balaban J connectivity index is 1.37. The van der Waals surface area contributed by atoms with E-state index in [9.17, 15) is 9.59 Å². The van der Waals surface area contributed by atoms with Crippen LogP contribution in [0.1, 0.15) is 5.56 Å². The highest BCUT2D eigenvalue weighted by molar-refractivity contribution is 8.00. The Morgan fingerprint density at radius 1 is 1.00 bits per heavy atom. The summed E-state index contributed by atoms with van der Waals surface area (Å²) in [6.45, 7) is 3.38. The maximum absolute atomic E-state index is 11.6. The lowest BCUT2D eigenvalue weighted by Crippen LogP contribution is -2.28. The van der Waals surface area contributed by atoms with Crippen molar-refractivity contribution >= 4 is 46.0 Å². The summed E-state index contributed by atoms with van der Waals surface area (Å²) in [5, 5.41) is 3.97. The molecule has 5 rings (SSSR count). The lowest BCUT2D eigenvalue weighted by molar-refractivity contribution is 0.323. The second-order valence-corrected chi connectivity index (χ2v) is 8.71. The molecule has 0 amide bonds. The van der Waals surface area contributed by atoms with E-state index in [-0.39, 0.29) is 0 Å². The van der Waals surface area contributed by atoms with Crippen molar-refractivity contribution < 1.29 is 4.74 Å². The van der Waals surface area contributed by atoms with Crippen LogP contribution in [0, 0.1) is 6.92 Å². The molecule has 0 saturated heterocycles. The first kappa shape index (κ1) is 20.5. The number of nitrogens with one attached hydrogen (secondary N) is 4. The van der Waals surface area contributed by atoms with E-state index >= 15 is 0 Å². The van der Waals surface area contributed by atoms with Gasteiger partial charge in [-0.15, -0.1) is 0 Å². The molecule has 2 heterocycles. The van der Waals surface area contributed by atoms with Crippen LogP contribution in [0.2, 0.25) is 5.02 Å². The average Bonchev–Trinajstić information content (AvgIpc) is 2.79. The van der Waals surface area contributed by atoms with E-state index in [1.807, 2.05) is 55.5 Å². The van der Waals surface area contributed by atoms with Crippen LogP contribution in [-0.2, 0) is 0 Å². The number of ether oxygens (including phenoxy) is 1. The molecule has 9 heteroatoms. The number of rotatable bonds is 4. The predicted molar refractivity (Wildman–Crippen MR) is 130 cm³/mol. The van der Waals surface area contributed by atoms with Crippen molar-refractivity contribution in [2.75, 3.05) is 23.2 Å². The lowest BCUT2D eigenvalue weighted by atomic mass is 10.0. The molecule has 1 aromatic heterocycles. The summed E-state index contributed by atoms with van der Waals surface area (Å²) in [5.41, 5.74) is 4.55. The normalized spacial score (nSPS) is 12.7. The first-order chi connectivity index (χ1) is 15.5. The van der Waals surface area contributed by atoms with Gasteiger partial charge in [-0.1, -0.05) is 23.7 Å². The van der Waals surface area contributed by atoms with Gasteiger partial charge in [-0.25, -0.2) is 0 Å². The number of fused-ring (bicyclic) bond motifs is 2. The molecule has 0 bridgehead atoms. The number of hydrogen-bond donors (Lipinski definition) is 4. The van der Waals surface area contributed by atoms with E-state index in [1.165, 1.54) is 11.9 Å². The Bertz CT molecular complexity index is 1460. The largest absolute Gasteiger partial charge is 0.490 e. The molecule has 0 saturated carbocycles. The zero-order chi connectivity index (χ0) is 22.2. The standard InChI is InChI=1S/C23H19ClN4O3S/c1-12-8-17-18(27-23(30)22(29)26-17)11-21(12)32-28-14-3-4-15(16(24)10-14)13-2-5-20-19(9-13)25-6-7-31-20/h2-5,8-11,25,28H,6-7H2,1H3,(H,26,29)(H,27,30). The van der Waals surface area contributed by atoms with E-state index in [4.69, 9.17) is 16.3 Å². The topological polar surface area (TPSA) is 99.0 Å². The number of aryl methyl sites for hydroxylation is 1. The van der Waals surface area contributed by atoms with Gasteiger partial charge in [0.15, 0.2) is 0 Å². The van der Waals surface area contributed by atoms with E-state index in [0.717, 1.165) is 45.3 Å². The van der Waals surface area contributed by atoms with Crippen LogP contribution in [-0.4, -0.2) is 23.1 Å². The highest BCUT2D eigenvalue weighted by atomic mass is 35.5. The lowest BCUT2D eigenvalue weighted by Gasteiger charge is -2.20. The molecule has 3 aromatic carbocycles. The number of benzene rings is 3. The molecule has 4 N–H and O–H groups in total. The van der Waals surface area contributed by atoms with Crippen molar-refractivity contribution in [2.24, 2.45) is 0 Å². The summed E-state index contributed by atoms with van der Waals surface area (Å²) in [6.07, 6.45) is 0. The minimum atomic E-state index is -0.670. The summed E-state index contributed by atoms with van der Waals surface area (Å²) in [6, 6.07) is 15.5. The Morgan fingerprint density at radius 2 is 1.78 bits per heavy atom. The van der Waals surface area contributed by atoms with Gasteiger partial charge in [-0.3, -0.25) is 9.59 Å². The molecule has 0 fully saturated rings. The van der Waals surface area contributed by atoms with Gasteiger partial charge in [0.25, 0.3) is 0 Å². The molecular weight excluding hydrogens is 448 g/mol. The number of anilines is 2. The predicted octanol–water partition coefficient (Wildman–Crippen LogP) is 4.77. The molecule has 162 valence electrons. The third kappa shape index (κ3) is 3.94. The van der Waals surface area contributed by atoms with Gasteiger partial charge in [0.2, 0.25) is 0 Å². The maximum atomic E-state index is 11.6. The minimum absolute atomic E-state index is 0.572. The number of aromatic nitrogens is 2. The van der Waals surface area contributed by atoms with E-state index in [2.05, 4.69) is 20.0 Å². The van der Waals surface area contributed by atoms with Gasteiger partial charge in [-0.2, -0.15) is 0 Å². The molecule has 1 aliphatic rings. The van der Waals surface area contributed by atoms with Crippen LogP contribution in [0.4, 0.5) is 11.4 Å². The van der Waals surface area contributed by atoms with Gasteiger partial charge in [0, 0.05) is 22.7 Å². The molecule has 1 aliphatic heterocycles. The van der Waals surface area contributed by atoms with Gasteiger partial charge in [0.05, 0.1) is 21.7 Å². The number of hydrogen-bond acceptors (Lipinski definition) is 6. The average molecular weight is 467 g/mol. The zero-order valence-electron chi connectivity index (χ0n) is 17.0. The van der Waals surface area contributed by atoms with E-state index in [1.54, 1.807) is 0 Å². The van der Waals surface area contributed by atoms with Crippen molar-refractivity contribution in [1.82, 2.24) is 9.97 Å². The third-order valence-corrected chi connectivity index (χ3v) is 6.54. The molecule has 7 nitrogen and oxygen atoms in total. The quantitative estimate of drug-likeness (QED) is 0.255. The summed E-state index contributed by atoms with van der Waals surface area (Å²) in [4.78, 5) is 29.3. The monoisotopic (exact) mass is 466 g/mol. The summed E-state index contributed by atoms with van der Waals surface area (Å²) >= 11 is 8.00. The molecule has 0 radical (unpaired) electrons. The minimum Gasteiger partial charge on any atom is -0.490 e. The molecule has 0 aliphatic carbocycles. The first-order valence-corrected chi connectivity index (χ1v) is 11.2. The Hall–Kier alpha value is -3.36.